The monoisotopic (exact) mass is 528 g/mol. The maximum absolute atomic E-state index is 13.2. The zero-order valence-electron chi connectivity index (χ0n) is 21.3. The molecule has 0 aliphatic carbocycles. The van der Waals surface area contributed by atoms with Gasteiger partial charge in [0.1, 0.15) is 5.01 Å². The van der Waals surface area contributed by atoms with Gasteiger partial charge in [-0.2, -0.15) is 0 Å². The fourth-order valence-electron chi connectivity index (χ4n) is 3.12. The summed E-state index contributed by atoms with van der Waals surface area (Å²) in [5.74, 6) is 0.0653. The first-order valence-electron chi connectivity index (χ1n) is 11.5. The van der Waals surface area contributed by atoms with E-state index in [0.29, 0.717) is 22.9 Å². The van der Waals surface area contributed by atoms with Gasteiger partial charge < -0.3 is 14.6 Å². The van der Waals surface area contributed by atoms with Gasteiger partial charge in [-0.3, -0.25) is 10.1 Å². The molecule has 0 fully saturated rings. The van der Waals surface area contributed by atoms with Crippen molar-refractivity contribution in [1.29, 1.82) is 0 Å². The first-order valence-corrected chi connectivity index (χ1v) is 13.5. The van der Waals surface area contributed by atoms with E-state index in [2.05, 4.69) is 20.3 Å². The van der Waals surface area contributed by atoms with Gasteiger partial charge in [0.25, 0.3) is 0 Å². The van der Waals surface area contributed by atoms with Crippen LogP contribution in [0.2, 0.25) is 0 Å². The van der Waals surface area contributed by atoms with Crippen molar-refractivity contribution in [3.63, 3.8) is 0 Å². The summed E-state index contributed by atoms with van der Waals surface area (Å²) in [4.78, 5) is 29.4. The summed E-state index contributed by atoms with van der Waals surface area (Å²) >= 11 is -0.0469. The number of nitrogens with one attached hydrogen (secondary N) is 3. The third-order valence-corrected chi connectivity index (χ3v) is 7.21. The number of aromatic nitrogens is 1. The van der Waals surface area contributed by atoms with Crippen molar-refractivity contribution in [2.75, 3.05) is 17.2 Å². The summed E-state index contributed by atoms with van der Waals surface area (Å²) in [5, 5.41) is 6.25. The molecular formula is C26H32N4O4S2. The van der Waals surface area contributed by atoms with Crippen LogP contribution in [-0.2, 0) is 20.9 Å². The Hall–Kier alpha value is -2.92. The van der Waals surface area contributed by atoms with Crippen molar-refractivity contribution in [2.24, 2.45) is 5.92 Å². The van der Waals surface area contributed by atoms with E-state index in [0.717, 1.165) is 21.0 Å². The first-order chi connectivity index (χ1) is 16.9. The second-order valence-corrected chi connectivity index (χ2v) is 11.9. The number of thiazole rings is 1. The average molecular weight is 529 g/mol. The standard InChI is InChI=1S/C26H32N4O4S2/c1-16(2)15-34-25(32)29-19-9-7-18(8-10-19)24-27-14-22(35-24)21-12-11-20(28-17(3)31)13-23(21)36(33)30-26(4,5)6/h7-14,16,30H,15H2,1-6H3,(H,28,31)(H,29,32). The molecule has 2 amide bonds. The Morgan fingerprint density at radius 2 is 1.75 bits per heavy atom. The predicted molar refractivity (Wildman–Crippen MR) is 146 cm³/mol. The van der Waals surface area contributed by atoms with Crippen LogP contribution in [0.25, 0.3) is 21.0 Å². The van der Waals surface area contributed by atoms with E-state index in [9.17, 15) is 14.1 Å². The molecule has 3 aromatic rings. The number of nitrogens with zero attached hydrogens (tertiary/aromatic N) is 1. The molecule has 0 saturated carbocycles. The van der Waals surface area contributed by atoms with Gasteiger partial charge in [0.2, 0.25) is 5.91 Å². The maximum Gasteiger partial charge on any atom is 0.411 e. The van der Waals surface area contributed by atoms with E-state index >= 15 is 0 Å². The third-order valence-electron chi connectivity index (χ3n) is 4.60. The molecule has 0 aliphatic rings. The lowest BCUT2D eigenvalue weighted by atomic mass is 10.1. The molecule has 1 atom stereocenters. The lowest BCUT2D eigenvalue weighted by Gasteiger charge is -2.23. The van der Waals surface area contributed by atoms with E-state index in [1.54, 1.807) is 30.5 Å². The summed E-state index contributed by atoms with van der Waals surface area (Å²) in [6.07, 6.45) is 1.26. The van der Waals surface area contributed by atoms with Gasteiger partial charge in [-0.1, -0.05) is 13.8 Å². The average Bonchev–Trinajstić information content (AvgIpc) is 3.27. The molecule has 3 N–H and O–H groups in total. The van der Waals surface area contributed by atoms with Crippen LogP contribution in [-0.4, -0.2) is 33.7 Å². The molecule has 1 heterocycles. The van der Waals surface area contributed by atoms with Crippen molar-refractivity contribution in [3.05, 3.63) is 48.7 Å². The van der Waals surface area contributed by atoms with Crippen molar-refractivity contribution in [2.45, 2.75) is 52.0 Å². The Labute approximate surface area is 219 Å². The molecule has 192 valence electrons. The predicted octanol–water partition coefficient (Wildman–Crippen LogP) is 6.05. The van der Waals surface area contributed by atoms with Crippen molar-refractivity contribution in [1.82, 2.24) is 9.71 Å². The molecule has 0 radical (unpaired) electrons. The van der Waals surface area contributed by atoms with Crippen LogP contribution in [0.1, 0.15) is 41.5 Å². The summed E-state index contributed by atoms with van der Waals surface area (Å²) in [6.45, 7) is 11.6. The maximum atomic E-state index is 13.2. The molecular weight excluding hydrogens is 496 g/mol. The van der Waals surface area contributed by atoms with Gasteiger partial charge in [0.15, 0.2) is 4.90 Å². The molecule has 1 unspecified atom stereocenters. The molecule has 3 rings (SSSR count). The Morgan fingerprint density at radius 3 is 2.36 bits per heavy atom. The minimum Gasteiger partial charge on any atom is -0.593 e. The molecule has 0 saturated heterocycles. The highest BCUT2D eigenvalue weighted by Crippen LogP contribution is 2.37. The number of rotatable bonds is 8. The van der Waals surface area contributed by atoms with E-state index in [1.165, 1.54) is 18.3 Å². The van der Waals surface area contributed by atoms with E-state index in [1.807, 2.05) is 52.8 Å². The SMILES string of the molecule is CC(=O)Nc1ccc(-c2cnc(-c3ccc(NC(=O)OCC(C)C)cc3)s2)c([S+]([O-])NC(C)(C)C)c1. The van der Waals surface area contributed by atoms with Crippen molar-refractivity contribution >= 4 is 46.1 Å². The summed E-state index contributed by atoms with van der Waals surface area (Å²) in [7, 11) is 0. The summed E-state index contributed by atoms with van der Waals surface area (Å²) in [5.41, 5.74) is 2.49. The van der Waals surface area contributed by atoms with Crippen LogP contribution in [0, 0.1) is 5.92 Å². The second-order valence-electron chi connectivity index (χ2n) is 9.74. The van der Waals surface area contributed by atoms with Gasteiger partial charge in [0, 0.05) is 36.1 Å². The van der Waals surface area contributed by atoms with Crippen LogP contribution in [0.15, 0.2) is 53.6 Å². The quantitative estimate of drug-likeness (QED) is 0.307. The third kappa shape index (κ3) is 8.06. The first kappa shape index (κ1) is 27.7. The number of amides is 2. The zero-order chi connectivity index (χ0) is 26.5. The topological polar surface area (TPSA) is 115 Å². The number of hydrogen-bond donors (Lipinski definition) is 3. The minimum absolute atomic E-state index is 0.200. The molecule has 0 bridgehead atoms. The lowest BCUT2D eigenvalue weighted by Crippen LogP contribution is -2.40. The fraction of sp³-hybridized carbons (Fsp3) is 0.346. The van der Waals surface area contributed by atoms with E-state index < -0.39 is 17.5 Å². The normalized spacial score (nSPS) is 12.3. The molecule has 0 spiro atoms. The van der Waals surface area contributed by atoms with Crippen LogP contribution in [0.5, 0.6) is 0 Å². The molecule has 2 aromatic carbocycles. The minimum atomic E-state index is -1.51. The van der Waals surface area contributed by atoms with Crippen molar-refractivity contribution < 1.29 is 18.9 Å². The molecule has 0 aliphatic heterocycles. The van der Waals surface area contributed by atoms with Crippen LogP contribution < -0.4 is 15.4 Å². The van der Waals surface area contributed by atoms with Crippen LogP contribution in [0.4, 0.5) is 16.2 Å². The molecule has 8 nitrogen and oxygen atoms in total. The Kier molecular flexibility index (Phi) is 9.13. The van der Waals surface area contributed by atoms with Gasteiger partial charge >= 0.3 is 6.09 Å². The number of anilines is 2. The highest BCUT2D eigenvalue weighted by Gasteiger charge is 2.25. The summed E-state index contributed by atoms with van der Waals surface area (Å²) in [6, 6.07) is 12.7. The fourth-order valence-corrected chi connectivity index (χ4v) is 5.42. The number of carbonyl (C=O) groups excluding carboxylic acids is 2. The van der Waals surface area contributed by atoms with E-state index in [4.69, 9.17) is 4.74 Å². The van der Waals surface area contributed by atoms with E-state index in [-0.39, 0.29) is 17.4 Å². The number of carbonyl (C=O) groups is 2. The number of hydrogen-bond acceptors (Lipinski definition) is 7. The van der Waals surface area contributed by atoms with Crippen LogP contribution in [0.3, 0.4) is 0 Å². The lowest BCUT2D eigenvalue weighted by molar-refractivity contribution is -0.114. The largest absolute Gasteiger partial charge is 0.593 e. The van der Waals surface area contributed by atoms with Gasteiger partial charge in [0.05, 0.1) is 33.9 Å². The smallest absolute Gasteiger partial charge is 0.411 e. The number of benzene rings is 2. The molecule has 1 aromatic heterocycles. The molecule has 10 heteroatoms. The molecule has 36 heavy (non-hydrogen) atoms. The van der Waals surface area contributed by atoms with Gasteiger partial charge in [-0.05, 0) is 63.1 Å². The Balaban J connectivity index is 1.83. The zero-order valence-corrected chi connectivity index (χ0v) is 22.9. The highest BCUT2D eigenvalue weighted by atomic mass is 32.2. The Bertz CT molecular complexity index is 1200. The Morgan fingerprint density at radius 1 is 1.08 bits per heavy atom. The summed E-state index contributed by atoms with van der Waals surface area (Å²) < 4.78 is 21.5. The van der Waals surface area contributed by atoms with Crippen LogP contribution >= 0.6 is 11.3 Å². The number of ether oxygens (including phenoxy) is 1. The van der Waals surface area contributed by atoms with Gasteiger partial charge in [-0.15, -0.1) is 16.1 Å². The van der Waals surface area contributed by atoms with Crippen molar-refractivity contribution in [3.8, 4) is 21.0 Å². The highest BCUT2D eigenvalue weighted by molar-refractivity contribution is 7.89. The van der Waals surface area contributed by atoms with Gasteiger partial charge in [-0.25, -0.2) is 9.78 Å². The second kappa shape index (κ2) is 11.9.